The fraction of sp³-hybridized carbons (Fsp3) is 0.267. The van der Waals surface area contributed by atoms with Gasteiger partial charge in [0.05, 0.1) is 17.9 Å². The molecule has 0 radical (unpaired) electrons. The van der Waals surface area contributed by atoms with Gasteiger partial charge >= 0.3 is 10.2 Å². The summed E-state index contributed by atoms with van der Waals surface area (Å²) < 4.78 is 29.3. The molecule has 2 rings (SSSR count). The highest BCUT2D eigenvalue weighted by Gasteiger charge is 2.27. The second-order valence-electron chi connectivity index (χ2n) is 4.73. The molecule has 2 aromatic rings. The van der Waals surface area contributed by atoms with Gasteiger partial charge in [-0.15, -0.1) is 0 Å². The van der Waals surface area contributed by atoms with Gasteiger partial charge in [0.2, 0.25) is 0 Å². The Morgan fingerprint density at radius 1 is 1.18 bits per heavy atom. The van der Waals surface area contributed by atoms with Crippen LogP contribution in [-0.4, -0.2) is 31.3 Å². The van der Waals surface area contributed by atoms with E-state index in [1.54, 1.807) is 19.3 Å². The summed E-state index contributed by atoms with van der Waals surface area (Å²) in [5.41, 5.74) is 1.34. The van der Waals surface area contributed by atoms with Crippen LogP contribution in [0.2, 0.25) is 0 Å². The molecule has 0 fully saturated rings. The molecular formula is C15H18IN3O2S. The van der Waals surface area contributed by atoms with Gasteiger partial charge in [-0.3, -0.25) is 9.29 Å². The number of halogens is 1. The second kappa shape index (κ2) is 7.38. The van der Waals surface area contributed by atoms with E-state index in [-0.39, 0.29) is 6.54 Å². The lowest BCUT2D eigenvalue weighted by atomic mass is 10.3. The third kappa shape index (κ3) is 3.96. The number of pyridine rings is 1. The lowest BCUT2D eigenvalue weighted by Gasteiger charge is -2.28. The van der Waals surface area contributed by atoms with Gasteiger partial charge in [0, 0.05) is 23.4 Å². The van der Waals surface area contributed by atoms with Gasteiger partial charge < -0.3 is 0 Å². The van der Waals surface area contributed by atoms with E-state index in [4.69, 9.17) is 0 Å². The lowest BCUT2D eigenvalue weighted by Crippen LogP contribution is -2.41. The predicted molar refractivity (Wildman–Crippen MR) is 96.8 cm³/mol. The van der Waals surface area contributed by atoms with Crippen LogP contribution in [0.5, 0.6) is 0 Å². The Kier molecular flexibility index (Phi) is 5.76. The third-order valence-electron chi connectivity index (χ3n) is 3.25. The van der Waals surface area contributed by atoms with Crippen LogP contribution in [0.25, 0.3) is 0 Å². The minimum atomic E-state index is -3.60. The van der Waals surface area contributed by atoms with Crippen LogP contribution in [-0.2, 0) is 16.8 Å². The molecule has 118 valence electrons. The molecule has 0 amide bonds. The molecular weight excluding hydrogens is 413 g/mol. The number of hydrogen-bond donors (Lipinski definition) is 0. The van der Waals surface area contributed by atoms with Crippen molar-refractivity contribution in [1.29, 1.82) is 0 Å². The molecule has 1 heterocycles. The van der Waals surface area contributed by atoms with E-state index in [0.29, 0.717) is 17.9 Å². The number of aromatic nitrogens is 1. The maximum atomic E-state index is 12.8. The zero-order valence-corrected chi connectivity index (χ0v) is 15.5. The fourth-order valence-corrected chi connectivity index (χ4v) is 3.77. The Labute approximate surface area is 145 Å². The van der Waals surface area contributed by atoms with E-state index in [1.165, 1.54) is 8.61 Å². The smallest absolute Gasteiger partial charge is 0.259 e. The summed E-state index contributed by atoms with van der Waals surface area (Å²) in [6.07, 6.45) is 1.67. The summed E-state index contributed by atoms with van der Waals surface area (Å²) in [6.45, 7) is 2.42. The van der Waals surface area contributed by atoms with E-state index in [1.807, 2.05) is 43.3 Å². The minimum Gasteiger partial charge on any atom is -0.259 e. The molecule has 0 atom stereocenters. The average Bonchev–Trinajstić information content (AvgIpc) is 2.52. The largest absolute Gasteiger partial charge is 0.304 e. The van der Waals surface area contributed by atoms with E-state index in [2.05, 4.69) is 27.6 Å². The zero-order valence-electron chi connectivity index (χ0n) is 12.5. The van der Waals surface area contributed by atoms with Crippen LogP contribution >= 0.6 is 22.6 Å². The summed E-state index contributed by atoms with van der Waals surface area (Å²) in [5.74, 6) is 0. The van der Waals surface area contributed by atoms with Crippen molar-refractivity contribution in [2.45, 2.75) is 13.5 Å². The summed E-state index contributed by atoms with van der Waals surface area (Å²) in [5, 5.41) is 0. The molecule has 0 N–H and O–H groups in total. The highest BCUT2D eigenvalue weighted by Crippen LogP contribution is 2.24. The highest BCUT2D eigenvalue weighted by atomic mass is 127. The predicted octanol–water partition coefficient (Wildman–Crippen LogP) is 2.89. The fourth-order valence-electron chi connectivity index (χ4n) is 1.91. The molecule has 5 nitrogen and oxygen atoms in total. The van der Waals surface area contributed by atoms with Crippen LogP contribution < -0.4 is 4.31 Å². The molecule has 0 bridgehead atoms. The Hall–Kier alpha value is -1.19. The Bertz CT molecular complexity index is 723. The SMILES string of the molecule is CCN(C)S(=O)(=O)N(Cc1ccccn1)c1cccc(I)c1. The van der Waals surface area contributed by atoms with Crippen LogP contribution in [0.3, 0.4) is 0 Å². The number of anilines is 1. The number of rotatable bonds is 6. The van der Waals surface area contributed by atoms with E-state index >= 15 is 0 Å². The van der Waals surface area contributed by atoms with Gasteiger partial charge in [-0.25, -0.2) is 0 Å². The molecule has 0 saturated heterocycles. The number of nitrogens with zero attached hydrogens (tertiary/aromatic N) is 3. The first-order chi connectivity index (χ1) is 10.4. The third-order valence-corrected chi connectivity index (χ3v) is 5.86. The van der Waals surface area contributed by atoms with Gasteiger partial charge in [-0.05, 0) is 52.9 Å². The van der Waals surface area contributed by atoms with Crippen molar-refractivity contribution in [2.24, 2.45) is 0 Å². The Balaban J connectivity index is 2.45. The Morgan fingerprint density at radius 3 is 2.55 bits per heavy atom. The lowest BCUT2D eigenvalue weighted by molar-refractivity contribution is 0.481. The van der Waals surface area contributed by atoms with Crippen LogP contribution in [0.1, 0.15) is 12.6 Å². The summed E-state index contributed by atoms with van der Waals surface area (Å²) in [4.78, 5) is 4.24. The van der Waals surface area contributed by atoms with Crippen LogP contribution in [0.4, 0.5) is 5.69 Å². The molecule has 22 heavy (non-hydrogen) atoms. The molecule has 0 saturated carbocycles. The van der Waals surface area contributed by atoms with Crippen molar-refractivity contribution >= 4 is 38.5 Å². The van der Waals surface area contributed by atoms with E-state index in [0.717, 1.165) is 3.57 Å². The van der Waals surface area contributed by atoms with Crippen molar-refractivity contribution in [3.05, 3.63) is 57.9 Å². The van der Waals surface area contributed by atoms with Crippen molar-refractivity contribution in [3.63, 3.8) is 0 Å². The van der Waals surface area contributed by atoms with Gasteiger partial charge in [0.25, 0.3) is 0 Å². The van der Waals surface area contributed by atoms with Gasteiger partial charge in [-0.2, -0.15) is 12.7 Å². The quantitative estimate of drug-likeness (QED) is 0.662. The summed E-state index contributed by atoms with van der Waals surface area (Å²) in [7, 11) is -2.02. The molecule has 0 aliphatic heterocycles. The topological polar surface area (TPSA) is 53.5 Å². The highest BCUT2D eigenvalue weighted by molar-refractivity contribution is 14.1. The summed E-state index contributed by atoms with van der Waals surface area (Å²) >= 11 is 2.17. The Morgan fingerprint density at radius 2 is 1.95 bits per heavy atom. The van der Waals surface area contributed by atoms with Crippen molar-refractivity contribution in [1.82, 2.24) is 9.29 Å². The standard InChI is InChI=1S/C15H18IN3O2S/c1-3-18(2)22(20,21)19(12-14-8-4-5-10-17-14)15-9-6-7-13(16)11-15/h4-11H,3,12H2,1-2H3. The van der Waals surface area contributed by atoms with Gasteiger partial charge in [0.15, 0.2) is 0 Å². The zero-order chi connectivity index (χ0) is 16.2. The monoisotopic (exact) mass is 431 g/mol. The number of benzene rings is 1. The molecule has 0 aliphatic rings. The van der Waals surface area contributed by atoms with Crippen molar-refractivity contribution < 1.29 is 8.42 Å². The van der Waals surface area contributed by atoms with E-state index < -0.39 is 10.2 Å². The normalized spacial score (nSPS) is 11.6. The molecule has 1 aromatic heterocycles. The van der Waals surface area contributed by atoms with Gasteiger partial charge in [-0.1, -0.05) is 19.1 Å². The molecule has 0 spiro atoms. The maximum Gasteiger partial charge on any atom is 0.304 e. The van der Waals surface area contributed by atoms with Crippen molar-refractivity contribution in [2.75, 3.05) is 17.9 Å². The second-order valence-corrected chi connectivity index (χ2v) is 7.93. The average molecular weight is 431 g/mol. The molecule has 0 unspecified atom stereocenters. The number of hydrogen-bond acceptors (Lipinski definition) is 3. The van der Waals surface area contributed by atoms with Crippen LogP contribution in [0.15, 0.2) is 48.7 Å². The maximum absolute atomic E-state index is 12.8. The van der Waals surface area contributed by atoms with E-state index in [9.17, 15) is 8.42 Å². The molecule has 7 heteroatoms. The molecule has 1 aromatic carbocycles. The first-order valence-electron chi connectivity index (χ1n) is 6.84. The minimum absolute atomic E-state index is 0.202. The van der Waals surface area contributed by atoms with Gasteiger partial charge in [0.1, 0.15) is 0 Å². The first-order valence-corrected chi connectivity index (χ1v) is 9.32. The first kappa shape index (κ1) is 17.2. The van der Waals surface area contributed by atoms with Crippen LogP contribution in [0, 0.1) is 3.57 Å². The summed E-state index contributed by atoms with van der Waals surface area (Å²) in [6, 6.07) is 12.9. The van der Waals surface area contributed by atoms with Crippen molar-refractivity contribution in [3.8, 4) is 0 Å². The molecule has 0 aliphatic carbocycles.